The zero-order valence-corrected chi connectivity index (χ0v) is 21.5. The summed E-state index contributed by atoms with van der Waals surface area (Å²) < 4.78 is 12.1. The van der Waals surface area contributed by atoms with Crippen LogP contribution in [0, 0.1) is 0 Å². The van der Waals surface area contributed by atoms with E-state index < -0.39 is 17.7 Å². The lowest BCUT2D eigenvalue weighted by molar-refractivity contribution is -0.132. The monoisotopic (exact) mass is 528 g/mol. The van der Waals surface area contributed by atoms with E-state index in [4.69, 9.17) is 9.47 Å². The van der Waals surface area contributed by atoms with Crippen molar-refractivity contribution < 1.29 is 29.3 Å². The maximum Gasteiger partial charge on any atom is 0.301 e. The molecule has 2 N–H and O–H groups in total. The van der Waals surface area contributed by atoms with Crippen molar-refractivity contribution in [1.82, 2.24) is 4.98 Å². The summed E-state index contributed by atoms with van der Waals surface area (Å²) in [5, 5.41) is 22.0. The standard InChI is InChI=1S/C29H24N2O6S/c1-3-36-20-8-9-21-23(14-20)38-29(30-21)31-25(16-5-4-6-19(32)13-16)24(27(34)28(31)35)26(33)17-7-10-22-18(12-17)11-15(2)37-22/h4-10,12-15,25,32-33H,3,11H2,1-2H3. The number of ether oxygens (including phenoxy) is 2. The molecule has 0 aliphatic carbocycles. The van der Waals surface area contributed by atoms with Gasteiger partial charge in [0.05, 0.1) is 28.4 Å². The highest BCUT2D eigenvalue weighted by Crippen LogP contribution is 2.45. The number of phenols is 1. The number of rotatable bonds is 5. The van der Waals surface area contributed by atoms with E-state index in [-0.39, 0.29) is 23.2 Å². The van der Waals surface area contributed by atoms with Crippen LogP contribution in [-0.4, -0.2) is 39.6 Å². The minimum atomic E-state index is -0.988. The van der Waals surface area contributed by atoms with Gasteiger partial charge in [0.1, 0.15) is 29.1 Å². The number of hydrogen-bond acceptors (Lipinski definition) is 8. The lowest BCUT2D eigenvalue weighted by Gasteiger charge is -2.23. The van der Waals surface area contributed by atoms with E-state index in [2.05, 4.69) is 4.98 Å². The number of nitrogens with zero attached hydrogens (tertiary/aromatic N) is 2. The van der Waals surface area contributed by atoms with Gasteiger partial charge in [-0.1, -0.05) is 23.5 Å². The van der Waals surface area contributed by atoms with Gasteiger partial charge in [0.15, 0.2) is 5.13 Å². The van der Waals surface area contributed by atoms with Crippen molar-refractivity contribution >= 4 is 44.1 Å². The first kappa shape index (κ1) is 24.0. The van der Waals surface area contributed by atoms with Gasteiger partial charge >= 0.3 is 5.91 Å². The molecule has 6 rings (SSSR count). The Labute approximate surface area is 222 Å². The molecule has 3 aromatic carbocycles. The summed E-state index contributed by atoms with van der Waals surface area (Å²) in [4.78, 5) is 32.9. The Morgan fingerprint density at radius 3 is 2.79 bits per heavy atom. The van der Waals surface area contributed by atoms with Gasteiger partial charge in [0.25, 0.3) is 5.78 Å². The number of aliphatic hydroxyl groups excluding tert-OH is 1. The van der Waals surface area contributed by atoms with Crippen molar-refractivity contribution in [2.45, 2.75) is 32.4 Å². The smallest absolute Gasteiger partial charge is 0.301 e. The molecule has 0 spiro atoms. The Bertz CT molecular complexity index is 1640. The molecule has 192 valence electrons. The van der Waals surface area contributed by atoms with Gasteiger partial charge in [-0.15, -0.1) is 0 Å². The molecule has 1 saturated heterocycles. The molecule has 0 radical (unpaired) electrons. The quantitative estimate of drug-likeness (QED) is 0.204. The second kappa shape index (κ2) is 9.18. The van der Waals surface area contributed by atoms with Gasteiger partial charge in [0, 0.05) is 12.0 Å². The number of aromatic hydroxyl groups is 1. The average molecular weight is 529 g/mol. The predicted molar refractivity (Wildman–Crippen MR) is 144 cm³/mol. The highest BCUT2D eigenvalue weighted by molar-refractivity contribution is 7.22. The van der Waals surface area contributed by atoms with Gasteiger partial charge in [-0.3, -0.25) is 14.5 Å². The fourth-order valence-corrected chi connectivity index (χ4v) is 6.04. The van der Waals surface area contributed by atoms with Crippen LogP contribution >= 0.6 is 11.3 Å². The molecular weight excluding hydrogens is 504 g/mol. The van der Waals surface area contributed by atoms with Crippen LogP contribution in [0.15, 0.2) is 66.2 Å². The molecule has 0 bridgehead atoms. The van der Waals surface area contributed by atoms with Crippen molar-refractivity contribution in [2.24, 2.45) is 0 Å². The number of ketones is 1. The summed E-state index contributed by atoms with van der Waals surface area (Å²) in [7, 11) is 0. The largest absolute Gasteiger partial charge is 0.508 e. The van der Waals surface area contributed by atoms with Crippen LogP contribution in [0.25, 0.3) is 16.0 Å². The Morgan fingerprint density at radius 2 is 2.00 bits per heavy atom. The SMILES string of the molecule is CCOc1ccc2nc(N3C(=O)C(=O)C(=C(O)c4ccc5c(c4)CC(C)O5)C3c3cccc(O)c3)sc2c1. The molecule has 2 aliphatic heterocycles. The third-order valence-corrected chi connectivity index (χ3v) is 7.68. The number of anilines is 1. The maximum atomic E-state index is 13.5. The summed E-state index contributed by atoms with van der Waals surface area (Å²) in [5.41, 5.74) is 2.38. The molecule has 2 aliphatic rings. The molecular formula is C29H24N2O6S. The van der Waals surface area contributed by atoms with E-state index >= 15 is 0 Å². The molecule has 2 unspecified atom stereocenters. The molecule has 1 aromatic heterocycles. The highest BCUT2D eigenvalue weighted by atomic mass is 32.1. The number of carbonyl (C=O) groups excluding carboxylic acids is 2. The zero-order chi connectivity index (χ0) is 26.6. The van der Waals surface area contributed by atoms with Crippen molar-refractivity contribution in [3.05, 3.63) is 82.9 Å². The topological polar surface area (TPSA) is 109 Å². The average Bonchev–Trinajstić information content (AvgIpc) is 3.56. The third-order valence-electron chi connectivity index (χ3n) is 6.67. The van der Waals surface area contributed by atoms with E-state index in [9.17, 15) is 19.8 Å². The minimum absolute atomic E-state index is 0.0162. The van der Waals surface area contributed by atoms with Gasteiger partial charge in [-0.25, -0.2) is 4.98 Å². The van der Waals surface area contributed by atoms with Crippen molar-refractivity contribution in [3.63, 3.8) is 0 Å². The molecule has 9 heteroatoms. The number of fused-ring (bicyclic) bond motifs is 2. The fourth-order valence-electron chi connectivity index (χ4n) is 5.02. The second-order valence-corrected chi connectivity index (χ2v) is 10.3. The number of aromatic nitrogens is 1. The summed E-state index contributed by atoms with van der Waals surface area (Å²) >= 11 is 1.25. The van der Waals surface area contributed by atoms with Gasteiger partial charge in [-0.2, -0.15) is 0 Å². The lowest BCUT2D eigenvalue weighted by atomic mass is 9.94. The second-order valence-electron chi connectivity index (χ2n) is 9.28. The maximum absolute atomic E-state index is 13.5. The summed E-state index contributed by atoms with van der Waals surface area (Å²) in [6.07, 6.45) is 0.693. The first-order valence-electron chi connectivity index (χ1n) is 12.3. The Morgan fingerprint density at radius 1 is 1.16 bits per heavy atom. The molecule has 1 fully saturated rings. The third kappa shape index (κ3) is 3.95. The van der Waals surface area contributed by atoms with E-state index in [0.717, 1.165) is 16.0 Å². The summed E-state index contributed by atoms with van der Waals surface area (Å²) in [5.74, 6) is -0.530. The van der Waals surface area contributed by atoms with E-state index in [1.807, 2.05) is 19.9 Å². The van der Waals surface area contributed by atoms with Crippen molar-refractivity contribution in [2.75, 3.05) is 11.5 Å². The van der Waals surface area contributed by atoms with Gasteiger partial charge < -0.3 is 19.7 Å². The van der Waals surface area contributed by atoms with Crippen LogP contribution in [-0.2, 0) is 16.0 Å². The lowest BCUT2D eigenvalue weighted by Crippen LogP contribution is -2.29. The van der Waals surface area contributed by atoms with Crippen LogP contribution in [0.4, 0.5) is 5.13 Å². The van der Waals surface area contributed by atoms with E-state index in [1.165, 1.54) is 28.4 Å². The molecule has 8 nitrogen and oxygen atoms in total. The van der Waals surface area contributed by atoms with Gasteiger partial charge in [0.2, 0.25) is 0 Å². The number of phenolic OH excluding ortho intramolecular Hbond substituents is 1. The Kier molecular flexibility index (Phi) is 5.80. The van der Waals surface area contributed by atoms with Crippen molar-refractivity contribution in [1.29, 1.82) is 0 Å². The molecule has 2 atom stereocenters. The predicted octanol–water partition coefficient (Wildman–Crippen LogP) is 5.35. The number of amides is 1. The highest BCUT2D eigenvalue weighted by Gasteiger charge is 2.48. The normalized spacial score (nSPS) is 20.1. The van der Waals surface area contributed by atoms with Crippen LogP contribution in [0.3, 0.4) is 0 Å². The molecule has 1 amide bonds. The molecule has 3 heterocycles. The number of Topliss-reactive ketones (excluding diaryl/α,β-unsaturated/α-hetero) is 1. The van der Waals surface area contributed by atoms with Crippen LogP contribution in [0.5, 0.6) is 17.2 Å². The van der Waals surface area contributed by atoms with E-state index in [1.54, 1.807) is 42.5 Å². The van der Waals surface area contributed by atoms with E-state index in [0.29, 0.717) is 40.6 Å². The number of aliphatic hydroxyl groups is 1. The van der Waals surface area contributed by atoms with Crippen molar-refractivity contribution in [3.8, 4) is 17.2 Å². The number of carbonyl (C=O) groups is 2. The fraction of sp³-hybridized carbons (Fsp3) is 0.207. The Hall–Kier alpha value is -4.37. The summed E-state index contributed by atoms with van der Waals surface area (Å²) in [6.45, 7) is 4.37. The van der Waals surface area contributed by atoms with Crippen LogP contribution < -0.4 is 14.4 Å². The number of benzene rings is 3. The number of thiazole rings is 1. The van der Waals surface area contributed by atoms with Crippen LogP contribution in [0.1, 0.15) is 36.6 Å². The minimum Gasteiger partial charge on any atom is -0.508 e. The van der Waals surface area contributed by atoms with Crippen LogP contribution in [0.2, 0.25) is 0 Å². The first-order chi connectivity index (χ1) is 18.3. The molecule has 38 heavy (non-hydrogen) atoms. The zero-order valence-electron chi connectivity index (χ0n) is 20.7. The summed E-state index contributed by atoms with van der Waals surface area (Å²) in [6, 6.07) is 16.0. The molecule has 0 saturated carbocycles. The number of hydrogen-bond donors (Lipinski definition) is 2. The Balaban J connectivity index is 1.51. The van der Waals surface area contributed by atoms with Gasteiger partial charge in [-0.05, 0) is 73.5 Å². The molecule has 4 aromatic rings. The first-order valence-corrected chi connectivity index (χ1v) is 13.1.